The van der Waals surface area contributed by atoms with E-state index < -0.39 is 0 Å². The Hall–Kier alpha value is -0.160. The molecule has 0 aromatic rings. The van der Waals surface area contributed by atoms with Crippen LogP contribution in [-0.2, 0) is 0 Å². The van der Waals surface area contributed by atoms with Crippen molar-refractivity contribution in [3.05, 3.63) is 0 Å². The highest BCUT2D eigenvalue weighted by atomic mass is 16.3. The summed E-state index contributed by atoms with van der Waals surface area (Å²) in [5, 5.41) is 13.0. The smallest absolute Gasteiger partial charge is 0.0791 e. The number of hydrogen-bond donors (Lipinski definition) is 2. The lowest BCUT2D eigenvalue weighted by Crippen LogP contribution is -2.50. The van der Waals surface area contributed by atoms with Crippen LogP contribution in [-0.4, -0.2) is 72.9 Å². The van der Waals surface area contributed by atoms with E-state index in [9.17, 15) is 5.11 Å². The summed E-state index contributed by atoms with van der Waals surface area (Å²) < 4.78 is 0. The molecule has 4 nitrogen and oxygen atoms in total. The molecule has 16 heavy (non-hydrogen) atoms. The van der Waals surface area contributed by atoms with Gasteiger partial charge in [-0.25, -0.2) is 0 Å². The molecular weight excluding hydrogens is 202 g/mol. The average molecular weight is 227 g/mol. The first-order valence-electron chi connectivity index (χ1n) is 6.64. The second-order valence-corrected chi connectivity index (χ2v) is 5.03. The van der Waals surface area contributed by atoms with Gasteiger partial charge in [-0.15, -0.1) is 0 Å². The number of aliphatic hydroxyl groups excluding tert-OH is 1. The number of rotatable bonds is 6. The lowest BCUT2D eigenvalue weighted by molar-refractivity contribution is 0.0702. The minimum absolute atomic E-state index is 0.215. The van der Waals surface area contributed by atoms with Gasteiger partial charge in [-0.05, 0) is 19.4 Å². The maximum Gasteiger partial charge on any atom is 0.0791 e. The topological polar surface area (TPSA) is 38.7 Å². The Morgan fingerprint density at radius 1 is 1.25 bits per heavy atom. The second kappa shape index (κ2) is 5.96. The van der Waals surface area contributed by atoms with Crippen molar-refractivity contribution in [2.24, 2.45) is 0 Å². The maximum absolute atomic E-state index is 9.80. The Kier molecular flexibility index (Phi) is 4.58. The predicted octanol–water partition coefficient (Wildman–Crippen LogP) is -0.263. The summed E-state index contributed by atoms with van der Waals surface area (Å²) >= 11 is 0. The minimum atomic E-state index is -0.215. The largest absolute Gasteiger partial charge is 0.390 e. The van der Waals surface area contributed by atoms with Gasteiger partial charge < -0.3 is 10.4 Å². The fourth-order valence-electron chi connectivity index (χ4n) is 2.42. The monoisotopic (exact) mass is 227 g/mol. The molecule has 1 unspecified atom stereocenters. The molecule has 1 saturated carbocycles. The fraction of sp³-hybridized carbons (Fsp3) is 1.00. The zero-order valence-corrected chi connectivity index (χ0v) is 10.4. The van der Waals surface area contributed by atoms with Crippen LogP contribution >= 0.6 is 0 Å². The highest BCUT2D eigenvalue weighted by Crippen LogP contribution is 2.27. The van der Waals surface area contributed by atoms with E-state index in [0.717, 1.165) is 38.8 Å². The van der Waals surface area contributed by atoms with E-state index in [1.807, 2.05) is 0 Å². The normalized spacial score (nSPS) is 25.9. The lowest BCUT2D eigenvalue weighted by Gasteiger charge is -2.35. The van der Waals surface area contributed by atoms with Gasteiger partial charge in [0.15, 0.2) is 0 Å². The van der Waals surface area contributed by atoms with Gasteiger partial charge in [-0.1, -0.05) is 6.92 Å². The highest BCUT2D eigenvalue weighted by Gasteiger charge is 2.31. The first-order chi connectivity index (χ1) is 7.79. The molecule has 94 valence electrons. The van der Waals surface area contributed by atoms with E-state index in [4.69, 9.17) is 0 Å². The van der Waals surface area contributed by atoms with Crippen LogP contribution in [0.2, 0.25) is 0 Å². The maximum atomic E-state index is 9.80. The third-order valence-corrected chi connectivity index (χ3v) is 3.57. The van der Waals surface area contributed by atoms with Crippen LogP contribution in [0.3, 0.4) is 0 Å². The first-order valence-corrected chi connectivity index (χ1v) is 6.64. The summed E-state index contributed by atoms with van der Waals surface area (Å²) in [6.45, 7) is 9.19. The third kappa shape index (κ3) is 3.70. The van der Waals surface area contributed by atoms with Gasteiger partial charge in [-0.3, -0.25) is 9.80 Å². The summed E-state index contributed by atoms with van der Waals surface area (Å²) in [5.74, 6) is 0. The molecular formula is C12H25N3O. The molecule has 1 atom stereocenters. The van der Waals surface area contributed by atoms with Crippen LogP contribution in [0, 0.1) is 0 Å². The van der Waals surface area contributed by atoms with E-state index >= 15 is 0 Å². The van der Waals surface area contributed by atoms with Gasteiger partial charge in [0, 0.05) is 45.3 Å². The Balaban J connectivity index is 1.60. The Morgan fingerprint density at radius 2 is 1.94 bits per heavy atom. The first kappa shape index (κ1) is 12.3. The van der Waals surface area contributed by atoms with Crippen LogP contribution in [0.5, 0.6) is 0 Å². The molecule has 4 heteroatoms. The van der Waals surface area contributed by atoms with E-state index in [2.05, 4.69) is 22.0 Å². The molecule has 0 radical (unpaired) electrons. The molecule has 0 aromatic heterocycles. The zero-order chi connectivity index (χ0) is 11.4. The van der Waals surface area contributed by atoms with Gasteiger partial charge in [0.2, 0.25) is 0 Å². The van der Waals surface area contributed by atoms with Crippen molar-refractivity contribution in [2.75, 3.05) is 45.8 Å². The SMILES string of the molecule is CCNCC(O)CN1CCN(C2CC2)CC1. The summed E-state index contributed by atoms with van der Waals surface area (Å²) in [4.78, 5) is 4.99. The molecule has 2 aliphatic rings. The van der Waals surface area contributed by atoms with Crippen molar-refractivity contribution >= 4 is 0 Å². The number of β-amino-alcohol motifs (C(OH)–C–C–N with tert-alkyl or cyclic N) is 1. The van der Waals surface area contributed by atoms with Gasteiger partial charge in [0.1, 0.15) is 0 Å². The number of nitrogens with one attached hydrogen (secondary N) is 1. The Bertz CT molecular complexity index is 200. The molecule has 2 rings (SSSR count). The Labute approximate surface area is 98.6 Å². The molecule has 1 aliphatic heterocycles. The van der Waals surface area contributed by atoms with Crippen molar-refractivity contribution in [1.82, 2.24) is 15.1 Å². The summed E-state index contributed by atoms with van der Waals surface area (Å²) in [6.07, 6.45) is 2.60. The average Bonchev–Trinajstić information content (AvgIpc) is 3.11. The van der Waals surface area contributed by atoms with Gasteiger partial charge >= 0.3 is 0 Å². The molecule has 1 aliphatic carbocycles. The van der Waals surface area contributed by atoms with Crippen LogP contribution in [0.1, 0.15) is 19.8 Å². The zero-order valence-electron chi connectivity index (χ0n) is 10.4. The number of nitrogens with zero attached hydrogens (tertiary/aromatic N) is 2. The van der Waals surface area contributed by atoms with E-state index in [-0.39, 0.29) is 6.10 Å². The number of piperazine rings is 1. The molecule has 0 spiro atoms. The molecule has 2 fully saturated rings. The summed E-state index contributed by atoms with van der Waals surface area (Å²) in [7, 11) is 0. The van der Waals surface area contributed by atoms with Crippen molar-refractivity contribution < 1.29 is 5.11 Å². The molecule has 0 aromatic carbocycles. The van der Waals surface area contributed by atoms with E-state index in [1.54, 1.807) is 0 Å². The standard InChI is InChI=1S/C12H25N3O/c1-2-13-9-12(16)10-14-5-7-15(8-6-14)11-3-4-11/h11-13,16H,2-10H2,1H3. The molecule has 1 heterocycles. The van der Waals surface area contributed by atoms with Crippen molar-refractivity contribution in [3.8, 4) is 0 Å². The van der Waals surface area contributed by atoms with E-state index in [0.29, 0.717) is 0 Å². The van der Waals surface area contributed by atoms with Crippen LogP contribution in [0.4, 0.5) is 0 Å². The Morgan fingerprint density at radius 3 is 2.50 bits per heavy atom. The molecule has 0 amide bonds. The molecule has 1 saturated heterocycles. The molecule has 0 bridgehead atoms. The highest BCUT2D eigenvalue weighted by molar-refractivity contribution is 4.87. The quantitative estimate of drug-likeness (QED) is 0.655. The number of hydrogen-bond acceptors (Lipinski definition) is 4. The van der Waals surface area contributed by atoms with Gasteiger partial charge in [-0.2, -0.15) is 0 Å². The third-order valence-electron chi connectivity index (χ3n) is 3.57. The van der Waals surface area contributed by atoms with Gasteiger partial charge in [0.25, 0.3) is 0 Å². The second-order valence-electron chi connectivity index (χ2n) is 5.03. The molecule has 2 N–H and O–H groups in total. The van der Waals surface area contributed by atoms with E-state index in [1.165, 1.54) is 25.9 Å². The lowest BCUT2D eigenvalue weighted by atomic mass is 10.2. The van der Waals surface area contributed by atoms with Gasteiger partial charge in [0.05, 0.1) is 6.10 Å². The van der Waals surface area contributed by atoms with Crippen molar-refractivity contribution in [3.63, 3.8) is 0 Å². The number of aliphatic hydroxyl groups is 1. The summed E-state index contributed by atoms with van der Waals surface area (Å²) in [6, 6.07) is 0.897. The fourth-order valence-corrected chi connectivity index (χ4v) is 2.42. The van der Waals surface area contributed by atoms with Crippen molar-refractivity contribution in [2.45, 2.75) is 31.9 Å². The van der Waals surface area contributed by atoms with Crippen LogP contribution < -0.4 is 5.32 Å². The summed E-state index contributed by atoms with van der Waals surface area (Å²) in [5.41, 5.74) is 0. The predicted molar refractivity (Wildman–Crippen MR) is 65.6 cm³/mol. The van der Waals surface area contributed by atoms with Crippen LogP contribution in [0.15, 0.2) is 0 Å². The van der Waals surface area contributed by atoms with Crippen molar-refractivity contribution in [1.29, 1.82) is 0 Å². The van der Waals surface area contributed by atoms with Crippen LogP contribution in [0.25, 0.3) is 0 Å². The minimum Gasteiger partial charge on any atom is -0.390 e. The number of likely N-dealkylation sites (N-methyl/N-ethyl adjacent to an activating group) is 1.